The molecule has 0 atom stereocenters. The lowest BCUT2D eigenvalue weighted by Crippen LogP contribution is -2.48. The van der Waals surface area contributed by atoms with Crippen molar-refractivity contribution in [3.8, 4) is 0 Å². The summed E-state index contributed by atoms with van der Waals surface area (Å²) in [6.07, 6.45) is 1.20. The van der Waals surface area contributed by atoms with Gasteiger partial charge in [0, 0.05) is 49.4 Å². The molecule has 0 N–H and O–H groups in total. The Morgan fingerprint density at radius 2 is 1.88 bits per heavy atom. The molecule has 2 aromatic rings. The highest BCUT2D eigenvalue weighted by Gasteiger charge is 2.22. The van der Waals surface area contributed by atoms with E-state index >= 15 is 0 Å². The van der Waals surface area contributed by atoms with E-state index in [0.29, 0.717) is 24.2 Å². The first-order chi connectivity index (χ1) is 11.9. The fraction of sp³-hybridized carbons (Fsp3) is 0.389. The van der Waals surface area contributed by atoms with E-state index < -0.39 is 9.84 Å². The van der Waals surface area contributed by atoms with Crippen molar-refractivity contribution in [2.45, 2.75) is 12.3 Å². The molecule has 0 spiro atoms. The van der Waals surface area contributed by atoms with E-state index in [1.165, 1.54) is 11.1 Å². The zero-order valence-electron chi connectivity index (χ0n) is 14.2. The van der Waals surface area contributed by atoms with Crippen molar-refractivity contribution in [1.29, 1.82) is 0 Å². The van der Waals surface area contributed by atoms with E-state index in [0.717, 1.165) is 19.6 Å². The van der Waals surface area contributed by atoms with Gasteiger partial charge in [-0.3, -0.25) is 9.69 Å². The van der Waals surface area contributed by atoms with Gasteiger partial charge in [0.2, 0.25) is 0 Å². The van der Waals surface area contributed by atoms with Gasteiger partial charge in [0.25, 0.3) is 5.91 Å². The van der Waals surface area contributed by atoms with Gasteiger partial charge < -0.3 is 4.90 Å². The van der Waals surface area contributed by atoms with Gasteiger partial charge >= 0.3 is 0 Å². The molecule has 0 radical (unpaired) electrons. The highest BCUT2D eigenvalue weighted by molar-refractivity contribution is 7.89. The van der Waals surface area contributed by atoms with Crippen LogP contribution in [-0.4, -0.2) is 56.6 Å². The zero-order valence-corrected chi connectivity index (χ0v) is 15.9. The Balaban J connectivity index is 1.60. The van der Waals surface area contributed by atoms with Crippen molar-refractivity contribution in [1.82, 2.24) is 9.80 Å². The minimum atomic E-state index is -3.11. The summed E-state index contributed by atoms with van der Waals surface area (Å²) in [5.41, 5.74) is 1.22. The normalized spacial score (nSPS) is 16.1. The SMILES string of the molecule is CS(=O)(=O)Cc1cccc(C(=O)N2CCN(Cc3cccs3)CC2)c1. The maximum atomic E-state index is 12.7. The standard InChI is InChI=1S/C18H22N2O3S2/c1-25(22,23)14-15-4-2-5-16(12-15)18(21)20-9-7-19(8-10-20)13-17-6-3-11-24-17/h2-6,11-12H,7-10,13-14H2,1H3. The first-order valence-electron chi connectivity index (χ1n) is 8.21. The molecule has 1 aromatic heterocycles. The summed E-state index contributed by atoms with van der Waals surface area (Å²) < 4.78 is 22.9. The molecule has 0 bridgehead atoms. The van der Waals surface area contributed by atoms with Crippen LogP contribution in [0.1, 0.15) is 20.8 Å². The Labute approximate surface area is 152 Å². The fourth-order valence-electron chi connectivity index (χ4n) is 3.01. The first kappa shape index (κ1) is 18.1. The van der Waals surface area contributed by atoms with Gasteiger partial charge in [-0.05, 0) is 29.1 Å². The van der Waals surface area contributed by atoms with Crippen LogP contribution in [0.25, 0.3) is 0 Å². The highest BCUT2D eigenvalue weighted by Crippen LogP contribution is 2.16. The molecule has 1 aliphatic rings. The van der Waals surface area contributed by atoms with Crippen LogP contribution < -0.4 is 0 Å². The Kier molecular flexibility index (Phi) is 5.56. The number of hydrogen-bond donors (Lipinski definition) is 0. The summed E-state index contributed by atoms with van der Waals surface area (Å²) in [5, 5.41) is 2.08. The van der Waals surface area contributed by atoms with E-state index in [1.54, 1.807) is 35.6 Å². The molecule has 134 valence electrons. The third-order valence-electron chi connectivity index (χ3n) is 4.22. The van der Waals surface area contributed by atoms with Crippen LogP contribution in [0, 0.1) is 0 Å². The van der Waals surface area contributed by atoms with E-state index in [4.69, 9.17) is 0 Å². The summed E-state index contributed by atoms with van der Waals surface area (Å²) in [5.74, 6) is -0.0611. The van der Waals surface area contributed by atoms with Crippen LogP contribution in [0.5, 0.6) is 0 Å². The average molecular weight is 379 g/mol. The van der Waals surface area contributed by atoms with Gasteiger partial charge in [-0.1, -0.05) is 18.2 Å². The smallest absolute Gasteiger partial charge is 0.253 e. The van der Waals surface area contributed by atoms with Crippen LogP contribution >= 0.6 is 11.3 Å². The number of piperazine rings is 1. The van der Waals surface area contributed by atoms with E-state index in [1.807, 2.05) is 4.90 Å². The lowest BCUT2D eigenvalue weighted by molar-refractivity contribution is 0.0629. The molecule has 0 saturated carbocycles. The van der Waals surface area contributed by atoms with E-state index in [9.17, 15) is 13.2 Å². The molecule has 25 heavy (non-hydrogen) atoms. The number of hydrogen-bond acceptors (Lipinski definition) is 5. The van der Waals surface area contributed by atoms with Crippen molar-refractivity contribution in [3.05, 3.63) is 57.8 Å². The number of carbonyl (C=O) groups is 1. The maximum Gasteiger partial charge on any atom is 0.253 e. The van der Waals surface area contributed by atoms with Crippen molar-refractivity contribution in [3.63, 3.8) is 0 Å². The van der Waals surface area contributed by atoms with E-state index in [2.05, 4.69) is 22.4 Å². The Morgan fingerprint density at radius 3 is 2.52 bits per heavy atom. The minimum Gasteiger partial charge on any atom is -0.336 e. The first-order valence-corrected chi connectivity index (χ1v) is 11.2. The Morgan fingerprint density at radius 1 is 1.12 bits per heavy atom. The molecule has 1 aliphatic heterocycles. The molecule has 0 aliphatic carbocycles. The van der Waals surface area contributed by atoms with Crippen molar-refractivity contribution in [2.75, 3.05) is 32.4 Å². The molecule has 1 fully saturated rings. The number of amides is 1. The zero-order chi connectivity index (χ0) is 17.9. The maximum absolute atomic E-state index is 12.7. The second-order valence-corrected chi connectivity index (χ2v) is 9.59. The third-order valence-corrected chi connectivity index (χ3v) is 5.94. The molecule has 7 heteroatoms. The number of thiophene rings is 1. The summed E-state index contributed by atoms with van der Waals surface area (Å²) in [7, 11) is -3.11. The monoisotopic (exact) mass is 378 g/mol. The number of rotatable bonds is 5. The largest absolute Gasteiger partial charge is 0.336 e. The number of benzene rings is 1. The second-order valence-electron chi connectivity index (χ2n) is 6.42. The molecule has 5 nitrogen and oxygen atoms in total. The van der Waals surface area contributed by atoms with Gasteiger partial charge in [-0.25, -0.2) is 8.42 Å². The van der Waals surface area contributed by atoms with Crippen molar-refractivity contribution < 1.29 is 13.2 Å². The quantitative estimate of drug-likeness (QED) is 0.801. The highest BCUT2D eigenvalue weighted by atomic mass is 32.2. The Hall–Kier alpha value is -1.70. The minimum absolute atomic E-state index is 0.0221. The van der Waals surface area contributed by atoms with Crippen LogP contribution in [0.2, 0.25) is 0 Å². The van der Waals surface area contributed by atoms with Crippen LogP contribution in [-0.2, 0) is 22.1 Å². The second kappa shape index (κ2) is 7.68. The van der Waals surface area contributed by atoms with E-state index in [-0.39, 0.29) is 11.7 Å². The van der Waals surface area contributed by atoms with Gasteiger partial charge in [0.15, 0.2) is 9.84 Å². The number of nitrogens with zero attached hydrogens (tertiary/aromatic N) is 2. The number of sulfone groups is 1. The molecule has 1 saturated heterocycles. The fourth-order valence-corrected chi connectivity index (χ4v) is 4.54. The molecule has 0 unspecified atom stereocenters. The lowest BCUT2D eigenvalue weighted by atomic mass is 10.1. The third kappa shape index (κ3) is 5.14. The van der Waals surface area contributed by atoms with Crippen molar-refractivity contribution in [2.24, 2.45) is 0 Å². The molecular weight excluding hydrogens is 356 g/mol. The molecule has 1 aromatic carbocycles. The average Bonchev–Trinajstić information content (AvgIpc) is 3.06. The van der Waals surface area contributed by atoms with Gasteiger partial charge in [0.1, 0.15) is 0 Å². The van der Waals surface area contributed by atoms with Gasteiger partial charge in [-0.2, -0.15) is 0 Å². The summed E-state index contributed by atoms with van der Waals surface area (Å²) in [6.45, 7) is 4.03. The molecule has 1 amide bonds. The summed E-state index contributed by atoms with van der Waals surface area (Å²) >= 11 is 1.76. The Bertz CT molecular complexity index is 824. The van der Waals surface area contributed by atoms with Crippen LogP contribution in [0.4, 0.5) is 0 Å². The van der Waals surface area contributed by atoms with Crippen LogP contribution in [0.15, 0.2) is 41.8 Å². The molecule has 2 heterocycles. The van der Waals surface area contributed by atoms with Crippen LogP contribution in [0.3, 0.4) is 0 Å². The summed E-state index contributed by atoms with van der Waals surface area (Å²) in [6, 6.07) is 11.1. The predicted octanol–water partition coefficient (Wildman–Crippen LogP) is 2.25. The molecule has 3 rings (SSSR count). The lowest BCUT2D eigenvalue weighted by Gasteiger charge is -2.34. The topological polar surface area (TPSA) is 57.7 Å². The predicted molar refractivity (Wildman–Crippen MR) is 100 cm³/mol. The number of carbonyl (C=O) groups excluding carboxylic acids is 1. The molecular formula is C18H22N2O3S2. The van der Waals surface area contributed by atoms with Crippen molar-refractivity contribution >= 4 is 27.1 Å². The van der Waals surface area contributed by atoms with Gasteiger partial charge in [0.05, 0.1) is 5.75 Å². The summed E-state index contributed by atoms with van der Waals surface area (Å²) in [4.78, 5) is 18.3. The van der Waals surface area contributed by atoms with Gasteiger partial charge in [-0.15, -0.1) is 11.3 Å².